The van der Waals surface area contributed by atoms with Crippen LogP contribution in [0.15, 0.2) is 72.8 Å². The molecule has 2 N–H and O–H groups in total. The molecule has 0 unspecified atom stereocenters. The van der Waals surface area contributed by atoms with Gasteiger partial charge in [-0.2, -0.15) is 0 Å². The van der Waals surface area contributed by atoms with Crippen molar-refractivity contribution in [3.05, 3.63) is 94.5 Å². The van der Waals surface area contributed by atoms with Crippen LogP contribution in [-0.4, -0.2) is 42.1 Å². The number of carbonyl (C=O) groups is 3. The summed E-state index contributed by atoms with van der Waals surface area (Å²) < 4.78 is 0. The summed E-state index contributed by atoms with van der Waals surface area (Å²) in [6.45, 7) is 4.30. The molecule has 0 aliphatic rings. The van der Waals surface area contributed by atoms with Crippen LogP contribution < -0.4 is 10.6 Å². The Labute approximate surface area is 198 Å². The zero-order chi connectivity index (χ0) is 23.8. The third kappa shape index (κ3) is 6.75. The number of ketones is 1. The third-order valence-corrected chi connectivity index (χ3v) is 5.37. The van der Waals surface area contributed by atoms with E-state index in [-0.39, 0.29) is 30.7 Å². The van der Waals surface area contributed by atoms with Crippen LogP contribution in [0.3, 0.4) is 0 Å². The van der Waals surface area contributed by atoms with Gasteiger partial charge in [-0.3, -0.25) is 19.3 Å². The largest absolute Gasteiger partial charge is 0.325 e. The van der Waals surface area contributed by atoms with Gasteiger partial charge in [-0.15, -0.1) is 0 Å². The van der Waals surface area contributed by atoms with E-state index in [4.69, 9.17) is 11.6 Å². The molecule has 0 aliphatic heterocycles. The Balaban J connectivity index is 1.63. The lowest BCUT2D eigenvalue weighted by Crippen LogP contribution is -2.38. The van der Waals surface area contributed by atoms with Crippen LogP contribution in [-0.2, 0) is 9.59 Å². The number of benzene rings is 3. The number of para-hydroxylation sites is 1. The molecule has 3 aromatic rings. The molecule has 0 fully saturated rings. The lowest BCUT2D eigenvalue weighted by Gasteiger charge is -2.20. The van der Waals surface area contributed by atoms with Gasteiger partial charge in [0.1, 0.15) is 0 Å². The Morgan fingerprint density at radius 2 is 1.42 bits per heavy atom. The Bertz CT molecular complexity index is 1150. The second kappa shape index (κ2) is 11.4. The molecular formula is C26H26ClN3O3. The molecule has 3 rings (SSSR count). The van der Waals surface area contributed by atoms with Crippen molar-refractivity contribution in [2.45, 2.75) is 13.8 Å². The van der Waals surface area contributed by atoms with Crippen LogP contribution in [0.25, 0.3) is 0 Å². The van der Waals surface area contributed by atoms with Crippen molar-refractivity contribution in [3.8, 4) is 0 Å². The zero-order valence-electron chi connectivity index (χ0n) is 18.6. The van der Waals surface area contributed by atoms with Crippen molar-refractivity contribution in [1.82, 2.24) is 4.90 Å². The van der Waals surface area contributed by atoms with E-state index in [0.717, 1.165) is 5.56 Å². The molecule has 33 heavy (non-hydrogen) atoms. The van der Waals surface area contributed by atoms with Crippen molar-refractivity contribution in [2.24, 2.45) is 0 Å². The number of likely N-dealkylation sites (N-methyl/N-ethyl adjacent to an activating group) is 1. The average Bonchev–Trinajstić information content (AvgIpc) is 2.81. The first kappa shape index (κ1) is 24.2. The SMILES string of the molecule is CCN(CC(=O)Nc1cc(Cl)ccc1C)CC(=O)Nc1ccccc1C(=O)c1ccccc1. The van der Waals surface area contributed by atoms with E-state index in [0.29, 0.717) is 34.1 Å². The maximum atomic E-state index is 12.9. The highest BCUT2D eigenvalue weighted by atomic mass is 35.5. The quantitative estimate of drug-likeness (QED) is 0.448. The summed E-state index contributed by atoms with van der Waals surface area (Å²) in [4.78, 5) is 39.8. The second-order valence-electron chi connectivity index (χ2n) is 7.60. The van der Waals surface area contributed by atoms with Gasteiger partial charge in [-0.25, -0.2) is 0 Å². The normalized spacial score (nSPS) is 10.7. The van der Waals surface area contributed by atoms with Gasteiger partial charge in [-0.05, 0) is 43.3 Å². The average molecular weight is 464 g/mol. The number of nitrogens with one attached hydrogen (secondary N) is 2. The summed E-state index contributed by atoms with van der Waals surface area (Å²) >= 11 is 6.01. The number of aryl methyl sites for hydroxylation is 1. The molecule has 6 nitrogen and oxygen atoms in total. The highest BCUT2D eigenvalue weighted by Gasteiger charge is 2.17. The molecule has 0 radical (unpaired) electrons. The molecule has 170 valence electrons. The lowest BCUT2D eigenvalue weighted by atomic mass is 10.0. The Morgan fingerprint density at radius 3 is 2.09 bits per heavy atom. The molecule has 0 aromatic heterocycles. The van der Waals surface area contributed by atoms with E-state index >= 15 is 0 Å². The van der Waals surface area contributed by atoms with Gasteiger partial charge in [0.05, 0.1) is 18.8 Å². The first-order valence-electron chi connectivity index (χ1n) is 10.6. The topological polar surface area (TPSA) is 78.5 Å². The molecule has 0 atom stereocenters. The van der Waals surface area contributed by atoms with E-state index in [1.54, 1.807) is 65.6 Å². The predicted molar refractivity (Wildman–Crippen MR) is 132 cm³/mol. The Kier molecular flexibility index (Phi) is 8.35. The summed E-state index contributed by atoms with van der Waals surface area (Å²) in [7, 11) is 0. The minimum absolute atomic E-state index is 0.00626. The molecule has 0 aliphatic carbocycles. The van der Waals surface area contributed by atoms with Gasteiger partial charge in [0.25, 0.3) is 0 Å². The highest BCUT2D eigenvalue weighted by Crippen LogP contribution is 2.21. The maximum Gasteiger partial charge on any atom is 0.238 e. The monoisotopic (exact) mass is 463 g/mol. The summed E-state index contributed by atoms with van der Waals surface area (Å²) in [5.74, 6) is -0.721. The van der Waals surface area contributed by atoms with Gasteiger partial charge >= 0.3 is 0 Å². The van der Waals surface area contributed by atoms with Crippen molar-refractivity contribution < 1.29 is 14.4 Å². The smallest absolute Gasteiger partial charge is 0.238 e. The van der Waals surface area contributed by atoms with E-state index in [9.17, 15) is 14.4 Å². The Morgan fingerprint density at radius 1 is 0.818 bits per heavy atom. The molecule has 0 heterocycles. The second-order valence-corrected chi connectivity index (χ2v) is 8.04. The van der Waals surface area contributed by atoms with Crippen molar-refractivity contribution >= 4 is 40.6 Å². The standard InChI is InChI=1S/C26H26ClN3O3/c1-3-30(17-25(32)29-23-15-20(27)14-13-18(23)2)16-24(31)28-22-12-8-7-11-21(22)26(33)19-9-5-4-6-10-19/h4-15H,3,16-17H2,1-2H3,(H,28,31)(H,29,32). The minimum atomic E-state index is -0.308. The predicted octanol–water partition coefficient (Wildman–Crippen LogP) is 4.78. The van der Waals surface area contributed by atoms with Gasteiger partial charge in [0, 0.05) is 21.8 Å². The number of hydrogen-bond acceptors (Lipinski definition) is 4. The number of amides is 2. The zero-order valence-corrected chi connectivity index (χ0v) is 19.4. The van der Waals surface area contributed by atoms with E-state index in [1.165, 1.54) is 0 Å². The molecule has 7 heteroatoms. The van der Waals surface area contributed by atoms with E-state index in [1.807, 2.05) is 26.0 Å². The highest BCUT2D eigenvalue weighted by molar-refractivity contribution is 6.31. The number of hydrogen-bond donors (Lipinski definition) is 2. The maximum absolute atomic E-state index is 12.9. The van der Waals surface area contributed by atoms with Crippen molar-refractivity contribution in [3.63, 3.8) is 0 Å². The Hall–Kier alpha value is -3.48. The van der Waals surface area contributed by atoms with Crippen LogP contribution in [0, 0.1) is 6.92 Å². The van der Waals surface area contributed by atoms with Crippen LogP contribution in [0.4, 0.5) is 11.4 Å². The molecule has 0 spiro atoms. The molecule has 2 amide bonds. The summed E-state index contributed by atoms with van der Waals surface area (Å²) in [5, 5.41) is 6.19. The fourth-order valence-corrected chi connectivity index (χ4v) is 3.50. The molecule has 0 bridgehead atoms. The molecule has 0 saturated heterocycles. The van der Waals surface area contributed by atoms with Crippen LogP contribution in [0.1, 0.15) is 28.4 Å². The van der Waals surface area contributed by atoms with E-state index in [2.05, 4.69) is 10.6 Å². The van der Waals surface area contributed by atoms with Gasteiger partial charge in [0.15, 0.2) is 5.78 Å². The van der Waals surface area contributed by atoms with E-state index < -0.39 is 0 Å². The lowest BCUT2D eigenvalue weighted by molar-refractivity contribution is -0.119. The minimum Gasteiger partial charge on any atom is -0.325 e. The van der Waals surface area contributed by atoms with Gasteiger partial charge < -0.3 is 10.6 Å². The van der Waals surface area contributed by atoms with Gasteiger partial charge in [-0.1, -0.05) is 67.1 Å². The first-order valence-corrected chi connectivity index (χ1v) is 11.0. The number of rotatable bonds is 9. The summed E-state index contributed by atoms with van der Waals surface area (Å²) in [6.07, 6.45) is 0. The molecule has 3 aromatic carbocycles. The molecular weight excluding hydrogens is 438 g/mol. The van der Waals surface area contributed by atoms with Gasteiger partial charge in [0.2, 0.25) is 11.8 Å². The number of halogens is 1. The molecule has 0 saturated carbocycles. The van der Waals surface area contributed by atoms with Crippen LogP contribution in [0.5, 0.6) is 0 Å². The van der Waals surface area contributed by atoms with Crippen LogP contribution >= 0.6 is 11.6 Å². The van der Waals surface area contributed by atoms with Crippen LogP contribution in [0.2, 0.25) is 5.02 Å². The van der Waals surface area contributed by atoms with Crippen molar-refractivity contribution in [1.29, 1.82) is 0 Å². The number of nitrogens with zero attached hydrogens (tertiary/aromatic N) is 1. The number of anilines is 2. The summed E-state index contributed by atoms with van der Waals surface area (Å²) in [6, 6.07) is 21.1. The fourth-order valence-electron chi connectivity index (χ4n) is 3.33. The van der Waals surface area contributed by atoms with Crippen molar-refractivity contribution in [2.75, 3.05) is 30.3 Å². The fraction of sp³-hybridized carbons (Fsp3) is 0.192. The third-order valence-electron chi connectivity index (χ3n) is 5.14. The summed E-state index contributed by atoms with van der Waals surface area (Å²) in [5.41, 5.74) is 2.93. The number of carbonyl (C=O) groups excluding carboxylic acids is 3. The first-order chi connectivity index (χ1) is 15.9.